The van der Waals surface area contributed by atoms with Crippen LogP contribution in [0.4, 0.5) is 4.39 Å². The number of hydrogen-bond donors (Lipinski definition) is 0. The van der Waals surface area contributed by atoms with Gasteiger partial charge in [0.1, 0.15) is 5.82 Å². The highest BCUT2D eigenvalue weighted by Gasteiger charge is 2.20. The molecule has 0 aliphatic heterocycles. The van der Waals surface area contributed by atoms with Crippen LogP contribution in [0.15, 0.2) is 164 Å². The molecule has 7 aromatic carbocycles. The minimum atomic E-state index is -0.285. The van der Waals surface area contributed by atoms with E-state index in [4.69, 9.17) is 15.0 Å². The Bertz CT molecular complexity index is 2690. The molecule has 9 rings (SSSR count). The average Bonchev–Trinajstić information content (AvgIpc) is 3.52. The van der Waals surface area contributed by atoms with Crippen LogP contribution >= 0.6 is 0 Å². The molecule has 2 heterocycles. The van der Waals surface area contributed by atoms with Gasteiger partial charge in [-0.3, -0.25) is 0 Å². The molecule has 0 aliphatic carbocycles. The second-order valence-corrected chi connectivity index (χ2v) is 13.2. The molecule has 5 heteroatoms. The minimum Gasteiger partial charge on any atom is -0.309 e. The monoisotopic (exact) mass is 672 g/mol. The summed E-state index contributed by atoms with van der Waals surface area (Å²) in [5.74, 6) is 1.42. The normalized spacial score (nSPS) is 11.4. The molecule has 248 valence electrons. The van der Waals surface area contributed by atoms with E-state index in [1.807, 2.05) is 84.9 Å². The van der Waals surface area contributed by atoms with Gasteiger partial charge in [0.25, 0.3) is 0 Å². The Kier molecular flexibility index (Phi) is 7.74. The molecule has 0 saturated heterocycles. The molecule has 0 spiro atoms. The molecule has 0 saturated carbocycles. The van der Waals surface area contributed by atoms with Gasteiger partial charge in [0.2, 0.25) is 0 Å². The number of nitrogens with zero attached hydrogens (tertiary/aromatic N) is 4. The zero-order chi connectivity index (χ0) is 35.2. The van der Waals surface area contributed by atoms with Crippen molar-refractivity contribution in [3.05, 3.63) is 181 Å². The Hall–Kier alpha value is -6.72. The predicted molar refractivity (Wildman–Crippen MR) is 211 cm³/mol. The zero-order valence-electron chi connectivity index (χ0n) is 28.8. The van der Waals surface area contributed by atoms with Crippen molar-refractivity contribution in [2.45, 2.75) is 13.8 Å². The third-order valence-electron chi connectivity index (χ3n) is 9.59. The van der Waals surface area contributed by atoms with Crippen molar-refractivity contribution in [1.29, 1.82) is 0 Å². The molecular formula is C47H33FN4. The zero-order valence-corrected chi connectivity index (χ0v) is 28.8. The largest absolute Gasteiger partial charge is 0.309 e. The molecule has 0 unspecified atom stereocenters. The average molecular weight is 673 g/mol. The molecule has 4 nitrogen and oxygen atoms in total. The summed E-state index contributed by atoms with van der Waals surface area (Å²) in [5.41, 5.74) is 11.5. The van der Waals surface area contributed by atoms with Crippen molar-refractivity contribution in [2.24, 2.45) is 0 Å². The van der Waals surface area contributed by atoms with Crippen molar-refractivity contribution in [3.63, 3.8) is 0 Å². The fraction of sp³-hybridized carbons (Fsp3) is 0.0426. The van der Waals surface area contributed by atoms with Gasteiger partial charge in [-0.25, -0.2) is 19.3 Å². The molecule has 0 fully saturated rings. The lowest BCUT2D eigenvalue weighted by atomic mass is 9.99. The summed E-state index contributed by atoms with van der Waals surface area (Å²) in [4.78, 5) is 14.9. The van der Waals surface area contributed by atoms with Gasteiger partial charge in [-0.05, 0) is 55.3 Å². The molecule has 0 amide bonds. The van der Waals surface area contributed by atoms with Gasteiger partial charge in [-0.1, -0.05) is 145 Å². The van der Waals surface area contributed by atoms with Gasteiger partial charge in [-0.15, -0.1) is 0 Å². The lowest BCUT2D eigenvalue weighted by Crippen LogP contribution is -2.02. The number of aromatic nitrogens is 4. The third kappa shape index (κ3) is 5.62. The Morgan fingerprint density at radius 3 is 1.63 bits per heavy atom. The second kappa shape index (κ2) is 12.9. The number of benzene rings is 7. The first-order valence-electron chi connectivity index (χ1n) is 17.4. The minimum absolute atomic E-state index is 0.285. The predicted octanol–water partition coefficient (Wildman–Crippen LogP) is 12.1. The van der Waals surface area contributed by atoms with Crippen molar-refractivity contribution in [2.75, 3.05) is 0 Å². The first kappa shape index (κ1) is 31.3. The lowest BCUT2D eigenvalue weighted by Gasteiger charge is -2.17. The number of hydrogen-bond acceptors (Lipinski definition) is 3. The lowest BCUT2D eigenvalue weighted by molar-refractivity contribution is 0.631. The van der Waals surface area contributed by atoms with Gasteiger partial charge in [0, 0.05) is 38.6 Å². The van der Waals surface area contributed by atoms with Crippen LogP contribution in [0.2, 0.25) is 0 Å². The van der Waals surface area contributed by atoms with Crippen molar-refractivity contribution in [1.82, 2.24) is 19.5 Å². The van der Waals surface area contributed by atoms with Crippen molar-refractivity contribution < 1.29 is 4.39 Å². The fourth-order valence-corrected chi connectivity index (χ4v) is 7.25. The van der Waals surface area contributed by atoms with Crippen LogP contribution in [0.25, 0.3) is 83.9 Å². The first-order valence-corrected chi connectivity index (χ1v) is 17.4. The Balaban J connectivity index is 1.31. The maximum Gasteiger partial charge on any atom is 0.164 e. The van der Waals surface area contributed by atoms with E-state index in [0.29, 0.717) is 23.0 Å². The maximum absolute atomic E-state index is 15.7. The van der Waals surface area contributed by atoms with Crippen LogP contribution in [0.5, 0.6) is 0 Å². The highest BCUT2D eigenvalue weighted by molar-refractivity contribution is 6.11. The summed E-state index contributed by atoms with van der Waals surface area (Å²) in [6.07, 6.45) is 0. The number of halogens is 1. The van der Waals surface area contributed by atoms with E-state index in [9.17, 15) is 0 Å². The smallest absolute Gasteiger partial charge is 0.164 e. The molecule has 0 radical (unpaired) electrons. The van der Waals surface area contributed by atoms with Gasteiger partial charge < -0.3 is 4.57 Å². The van der Waals surface area contributed by atoms with E-state index in [2.05, 4.69) is 85.1 Å². The Morgan fingerprint density at radius 2 is 0.962 bits per heavy atom. The Labute approximate surface area is 301 Å². The highest BCUT2D eigenvalue weighted by atomic mass is 19.1. The van der Waals surface area contributed by atoms with Gasteiger partial charge >= 0.3 is 0 Å². The van der Waals surface area contributed by atoms with E-state index < -0.39 is 0 Å². The van der Waals surface area contributed by atoms with Crippen LogP contribution < -0.4 is 0 Å². The van der Waals surface area contributed by atoms with Crippen LogP contribution in [0.3, 0.4) is 0 Å². The van der Waals surface area contributed by atoms with Crippen LogP contribution in [-0.4, -0.2) is 19.5 Å². The molecule has 52 heavy (non-hydrogen) atoms. The van der Waals surface area contributed by atoms with Crippen LogP contribution in [-0.2, 0) is 0 Å². The van der Waals surface area contributed by atoms with Gasteiger partial charge in [-0.2, -0.15) is 0 Å². The summed E-state index contributed by atoms with van der Waals surface area (Å²) in [6.45, 7) is 4.27. The number of para-hydroxylation sites is 1. The number of rotatable bonds is 6. The van der Waals surface area contributed by atoms with Crippen molar-refractivity contribution >= 4 is 21.8 Å². The number of aryl methyl sites for hydroxylation is 2. The van der Waals surface area contributed by atoms with E-state index in [0.717, 1.165) is 55.3 Å². The van der Waals surface area contributed by atoms with E-state index >= 15 is 4.39 Å². The Morgan fingerprint density at radius 1 is 0.404 bits per heavy atom. The highest BCUT2D eigenvalue weighted by Crippen LogP contribution is 2.40. The summed E-state index contributed by atoms with van der Waals surface area (Å²) >= 11 is 0. The fourth-order valence-electron chi connectivity index (χ4n) is 7.25. The molecular weight excluding hydrogens is 640 g/mol. The maximum atomic E-state index is 15.7. The van der Waals surface area contributed by atoms with Crippen LogP contribution in [0, 0.1) is 19.7 Å². The van der Waals surface area contributed by atoms with E-state index in [-0.39, 0.29) is 5.82 Å². The van der Waals surface area contributed by atoms with E-state index in [1.165, 1.54) is 22.8 Å². The summed E-state index contributed by atoms with van der Waals surface area (Å²) < 4.78 is 17.9. The molecule has 0 aliphatic rings. The SMILES string of the molecule is Cc1cc(C)cc(-c2ccc3c(c2)c2ccccc2n3-c2cc(-c3nc(-c4ccccc4)nc(-c4ccccc4)n3)ccc2-c2ccccc2F)c1. The molecule has 9 aromatic rings. The second-order valence-electron chi connectivity index (χ2n) is 13.2. The topological polar surface area (TPSA) is 43.6 Å². The summed E-state index contributed by atoms with van der Waals surface area (Å²) in [5, 5.41) is 2.24. The van der Waals surface area contributed by atoms with Crippen molar-refractivity contribution in [3.8, 4) is 62.1 Å². The molecule has 0 N–H and O–H groups in total. The van der Waals surface area contributed by atoms with Crippen LogP contribution in [0.1, 0.15) is 11.1 Å². The third-order valence-corrected chi connectivity index (χ3v) is 9.59. The number of fused-ring (bicyclic) bond motifs is 3. The molecule has 0 atom stereocenters. The van der Waals surface area contributed by atoms with E-state index in [1.54, 1.807) is 6.07 Å². The summed E-state index contributed by atoms with van der Waals surface area (Å²) in [7, 11) is 0. The standard InChI is InChI=1S/C47H33FN4/c1-30-25-31(2)27-36(26-30)34-22-24-43-40(28-34)38-18-10-12-20-42(38)52(43)44-29-35(21-23-39(44)37-17-9-11-19-41(37)48)47-50-45(32-13-5-3-6-14-32)49-46(51-47)33-15-7-4-8-16-33/h3-29H,1-2H3. The van der Waals surface area contributed by atoms with Gasteiger partial charge in [0.15, 0.2) is 17.5 Å². The quantitative estimate of drug-likeness (QED) is 0.177. The first-order chi connectivity index (χ1) is 25.5. The molecule has 0 bridgehead atoms. The molecule has 2 aromatic heterocycles. The summed E-state index contributed by atoms with van der Waals surface area (Å²) in [6, 6.07) is 54.6. The van der Waals surface area contributed by atoms with Gasteiger partial charge in [0.05, 0.1) is 16.7 Å².